The second kappa shape index (κ2) is 11.3. The summed E-state index contributed by atoms with van der Waals surface area (Å²) in [6, 6.07) is 0. The van der Waals surface area contributed by atoms with Gasteiger partial charge < -0.3 is 19.7 Å². The molecule has 6 nitrogen and oxygen atoms in total. The Kier molecular flexibility index (Phi) is 9.67. The lowest BCUT2D eigenvalue weighted by Crippen LogP contribution is -2.48. The monoisotopic (exact) mass is 327 g/mol. The van der Waals surface area contributed by atoms with E-state index in [1.165, 1.54) is 0 Å². The Labute approximate surface area is 140 Å². The van der Waals surface area contributed by atoms with E-state index in [9.17, 15) is 4.79 Å². The van der Waals surface area contributed by atoms with Crippen LogP contribution in [0.25, 0.3) is 0 Å². The van der Waals surface area contributed by atoms with Gasteiger partial charge in [0.05, 0.1) is 19.1 Å². The summed E-state index contributed by atoms with van der Waals surface area (Å²) in [5.41, 5.74) is 0. The zero-order chi connectivity index (χ0) is 17.1. The molecule has 1 unspecified atom stereocenters. The van der Waals surface area contributed by atoms with Crippen LogP contribution in [0.4, 0.5) is 0 Å². The topological polar surface area (TPSA) is 63.2 Å². The highest BCUT2D eigenvalue weighted by atomic mass is 16.5. The van der Waals surface area contributed by atoms with Gasteiger partial charge in [0.1, 0.15) is 0 Å². The number of hydrogen-bond acceptors (Lipinski definition) is 4. The summed E-state index contributed by atoms with van der Waals surface area (Å²) in [7, 11) is 1.77. The Morgan fingerprint density at radius 3 is 2.83 bits per heavy atom. The van der Waals surface area contributed by atoms with Crippen molar-refractivity contribution in [2.75, 3.05) is 46.5 Å². The van der Waals surface area contributed by atoms with Crippen LogP contribution in [-0.2, 0) is 14.3 Å². The number of ether oxygens (including phenoxy) is 2. The fourth-order valence-corrected chi connectivity index (χ4v) is 2.61. The summed E-state index contributed by atoms with van der Waals surface area (Å²) in [4.78, 5) is 18.4. The van der Waals surface area contributed by atoms with Crippen molar-refractivity contribution in [3.05, 3.63) is 0 Å². The first-order valence-corrected chi connectivity index (χ1v) is 8.78. The molecule has 6 heteroatoms. The maximum Gasteiger partial charge on any atom is 0.310 e. The number of esters is 1. The first-order valence-electron chi connectivity index (χ1n) is 8.78. The normalized spacial score (nSPS) is 19.1. The molecule has 0 amide bonds. The number of rotatable bonds is 8. The van der Waals surface area contributed by atoms with Crippen molar-refractivity contribution in [3.63, 3.8) is 0 Å². The Hall–Kier alpha value is -1.30. The number of likely N-dealkylation sites (tertiary alicyclic amines) is 1. The molecule has 1 rings (SSSR count). The van der Waals surface area contributed by atoms with Crippen LogP contribution in [0.2, 0.25) is 0 Å². The third kappa shape index (κ3) is 7.68. The van der Waals surface area contributed by atoms with Crippen LogP contribution in [0.15, 0.2) is 4.99 Å². The van der Waals surface area contributed by atoms with E-state index in [2.05, 4.69) is 29.1 Å². The van der Waals surface area contributed by atoms with Crippen LogP contribution >= 0.6 is 0 Å². The summed E-state index contributed by atoms with van der Waals surface area (Å²) in [6.07, 6.45) is 2.96. The molecule has 1 aliphatic rings. The van der Waals surface area contributed by atoms with Crippen molar-refractivity contribution in [1.82, 2.24) is 10.2 Å². The largest absolute Gasteiger partial charge is 0.466 e. The van der Waals surface area contributed by atoms with E-state index in [0.717, 1.165) is 44.9 Å². The maximum absolute atomic E-state index is 11.9. The number of nitrogens with one attached hydrogen (secondary N) is 1. The lowest BCUT2D eigenvalue weighted by atomic mass is 9.98. The Morgan fingerprint density at radius 2 is 2.17 bits per heavy atom. The van der Waals surface area contributed by atoms with E-state index in [4.69, 9.17) is 9.47 Å². The third-order valence-electron chi connectivity index (χ3n) is 3.92. The first-order chi connectivity index (χ1) is 11.1. The van der Waals surface area contributed by atoms with Gasteiger partial charge in [-0.25, -0.2) is 0 Å². The maximum atomic E-state index is 11.9. The molecule has 0 aliphatic carbocycles. The van der Waals surface area contributed by atoms with Crippen molar-refractivity contribution in [2.24, 2.45) is 16.8 Å². The lowest BCUT2D eigenvalue weighted by Gasteiger charge is -2.33. The zero-order valence-corrected chi connectivity index (χ0v) is 15.1. The Balaban J connectivity index is 2.32. The minimum Gasteiger partial charge on any atom is -0.466 e. The van der Waals surface area contributed by atoms with Gasteiger partial charge in [-0.05, 0) is 32.1 Å². The molecule has 1 N–H and O–H groups in total. The van der Waals surface area contributed by atoms with E-state index in [1.54, 1.807) is 7.05 Å². The SMILES string of the molecule is CCOC(=O)C1CCCN(C(=NC)NCCOCCC(C)C)C1. The number of hydrogen-bond donors (Lipinski definition) is 1. The van der Waals surface area contributed by atoms with Gasteiger partial charge in [0.15, 0.2) is 5.96 Å². The third-order valence-corrected chi connectivity index (χ3v) is 3.92. The second-order valence-corrected chi connectivity index (χ2v) is 6.31. The predicted octanol–water partition coefficient (Wildman–Crippen LogP) is 1.90. The van der Waals surface area contributed by atoms with Crippen LogP contribution in [-0.4, -0.2) is 63.3 Å². The number of carbonyl (C=O) groups is 1. The van der Waals surface area contributed by atoms with Crippen LogP contribution in [0.3, 0.4) is 0 Å². The van der Waals surface area contributed by atoms with Gasteiger partial charge in [0.2, 0.25) is 0 Å². The number of piperidine rings is 1. The van der Waals surface area contributed by atoms with Gasteiger partial charge in [-0.1, -0.05) is 13.8 Å². The summed E-state index contributed by atoms with van der Waals surface area (Å²) >= 11 is 0. The molecule has 1 aliphatic heterocycles. The van der Waals surface area contributed by atoms with Gasteiger partial charge in [-0.2, -0.15) is 0 Å². The minimum atomic E-state index is -0.0929. The number of carbonyl (C=O) groups excluding carboxylic acids is 1. The van der Waals surface area contributed by atoms with Gasteiger partial charge in [-0.3, -0.25) is 9.79 Å². The fourth-order valence-electron chi connectivity index (χ4n) is 2.61. The highest BCUT2D eigenvalue weighted by Crippen LogP contribution is 2.17. The number of aliphatic imine (C=N–C) groups is 1. The molecule has 0 radical (unpaired) electrons. The van der Waals surface area contributed by atoms with Crippen LogP contribution in [0.5, 0.6) is 0 Å². The molecule has 0 spiro atoms. The van der Waals surface area contributed by atoms with E-state index in [1.807, 2.05) is 6.92 Å². The second-order valence-electron chi connectivity index (χ2n) is 6.31. The number of nitrogens with zero attached hydrogens (tertiary/aromatic N) is 2. The average molecular weight is 327 g/mol. The van der Waals surface area contributed by atoms with Crippen molar-refractivity contribution < 1.29 is 14.3 Å². The van der Waals surface area contributed by atoms with E-state index in [0.29, 0.717) is 25.7 Å². The quantitative estimate of drug-likeness (QED) is 0.319. The fraction of sp³-hybridized carbons (Fsp3) is 0.882. The van der Waals surface area contributed by atoms with Gasteiger partial charge >= 0.3 is 5.97 Å². The molecule has 1 fully saturated rings. The summed E-state index contributed by atoms with van der Waals surface area (Å²) in [5.74, 6) is 1.37. The molecule has 0 bridgehead atoms. The van der Waals surface area contributed by atoms with Gasteiger partial charge in [0.25, 0.3) is 0 Å². The molecular formula is C17H33N3O3. The molecule has 0 saturated carbocycles. The van der Waals surface area contributed by atoms with Crippen LogP contribution in [0, 0.1) is 11.8 Å². The van der Waals surface area contributed by atoms with Crippen molar-refractivity contribution in [1.29, 1.82) is 0 Å². The zero-order valence-electron chi connectivity index (χ0n) is 15.1. The molecular weight excluding hydrogens is 294 g/mol. The molecule has 1 heterocycles. The molecule has 0 aromatic rings. The molecule has 134 valence electrons. The molecule has 23 heavy (non-hydrogen) atoms. The van der Waals surface area contributed by atoms with Crippen LogP contribution < -0.4 is 5.32 Å². The summed E-state index contributed by atoms with van der Waals surface area (Å²) in [5, 5.41) is 3.32. The van der Waals surface area contributed by atoms with Crippen molar-refractivity contribution >= 4 is 11.9 Å². The standard InChI is InChI=1S/C17H33N3O3/c1-5-23-16(21)15-7-6-10-20(13-15)17(18-4)19-9-12-22-11-8-14(2)3/h14-15H,5-13H2,1-4H3,(H,18,19). The Morgan fingerprint density at radius 1 is 1.39 bits per heavy atom. The first kappa shape index (κ1) is 19.7. The predicted molar refractivity (Wildman–Crippen MR) is 92.6 cm³/mol. The van der Waals surface area contributed by atoms with Crippen molar-refractivity contribution in [2.45, 2.75) is 40.0 Å². The summed E-state index contributed by atoms with van der Waals surface area (Å²) < 4.78 is 10.7. The molecule has 0 aromatic carbocycles. The van der Waals surface area contributed by atoms with E-state index >= 15 is 0 Å². The number of guanidine groups is 1. The van der Waals surface area contributed by atoms with Gasteiger partial charge in [0, 0.05) is 33.3 Å². The Bertz CT molecular complexity index is 372. The van der Waals surface area contributed by atoms with E-state index < -0.39 is 0 Å². The minimum absolute atomic E-state index is 0.0514. The highest BCUT2D eigenvalue weighted by Gasteiger charge is 2.28. The smallest absolute Gasteiger partial charge is 0.310 e. The summed E-state index contributed by atoms with van der Waals surface area (Å²) in [6.45, 7) is 10.5. The highest BCUT2D eigenvalue weighted by molar-refractivity contribution is 5.81. The molecule has 1 saturated heterocycles. The molecule has 1 atom stereocenters. The van der Waals surface area contributed by atoms with E-state index in [-0.39, 0.29) is 11.9 Å². The van der Waals surface area contributed by atoms with Gasteiger partial charge in [-0.15, -0.1) is 0 Å². The lowest BCUT2D eigenvalue weighted by molar-refractivity contribution is -0.149. The average Bonchev–Trinajstić information content (AvgIpc) is 2.54. The van der Waals surface area contributed by atoms with Crippen molar-refractivity contribution in [3.8, 4) is 0 Å². The van der Waals surface area contributed by atoms with Crippen LogP contribution in [0.1, 0.15) is 40.0 Å². The molecule has 0 aromatic heterocycles.